The average molecular weight is 480 g/mol. The van der Waals surface area contributed by atoms with Crippen molar-refractivity contribution >= 4 is 49.2 Å². The number of aryl methyl sites for hydroxylation is 1. The molecule has 0 atom stereocenters. The number of nitrogens with zero attached hydrogens (tertiary/aromatic N) is 1. The van der Waals surface area contributed by atoms with Crippen molar-refractivity contribution in [3.05, 3.63) is 78.4 Å². The first-order valence-electron chi connectivity index (χ1n) is 11.0. The van der Waals surface area contributed by atoms with Gasteiger partial charge in [0.15, 0.2) is 0 Å². The number of para-hydroxylation sites is 2. The second-order valence-corrected chi connectivity index (χ2v) is 9.57. The fourth-order valence-electron chi connectivity index (χ4n) is 3.68. The van der Waals surface area contributed by atoms with Crippen LogP contribution in [-0.2, 0) is 21.3 Å². The van der Waals surface area contributed by atoms with Gasteiger partial charge in [0.25, 0.3) is 10.1 Å². The number of unbranched alkanes of at least 4 members (excludes halogenated alkanes) is 2. The van der Waals surface area contributed by atoms with Gasteiger partial charge >= 0.3 is 0 Å². The third-order valence-corrected chi connectivity index (χ3v) is 5.20. The summed E-state index contributed by atoms with van der Waals surface area (Å²) in [5.74, 6) is -0.211. The number of benzene rings is 3. The maximum Gasteiger partial charge on any atom is 0.261 e. The van der Waals surface area contributed by atoms with Gasteiger partial charge in [0, 0.05) is 22.9 Å². The molecule has 4 N–H and O–H groups in total. The number of nitrogens with two attached hydrogens (primary N) is 1. The quantitative estimate of drug-likeness (QED) is 0.181. The molecule has 0 unspecified atom stereocenters. The molecule has 0 fully saturated rings. The maximum absolute atomic E-state index is 10.8. The Balaban J connectivity index is 0.000000588. The second kappa shape index (κ2) is 11.6. The molecule has 0 aliphatic carbocycles. The van der Waals surface area contributed by atoms with Crippen molar-refractivity contribution in [2.75, 3.05) is 11.6 Å². The van der Waals surface area contributed by atoms with E-state index in [1.807, 2.05) is 36.4 Å². The molecule has 0 aliphatic rings. The summed E-state index contributed by atoms with van der Waals surface area (Å²) in [6.07, 6.45) is 5.18. The van der Waals surface area contributed by atoms with Crippen LogP contribution in [0.15, 0.2) is 72.8 Å². The van der Waals surface area contributed by atoms with Gasteiger partial charge in [-0.05, 0) is 49.1 Å². The van der Waals surface area contributed by atoms with Gasteiger partial charge in [0.2, 0.25) is 5.91 Å². The van der Waals surface area contributed by atoms with Crippen molar-refractivity contribution in [1.29, 1.82) is 0 Å². The average Bonchev–Trinajstić information content (AvgIpc) is 2.78. The monoisotopic (exact) mass is 479 g/mol. The number of primary amides is 1. The van der Waals surface area contributed by atoms with E-state index in [9.17, 15) is 13.2 Å². The third-order valence-electron chi connectivity index (χ3n) is 5.20. The number of hydrogen-bond acceptors (Lipinski definition) is 5. The van der Waals surface area contributed by atoms with E-state index < -0.39 is 10.1 Å². The second-order valence-electron chi connectivity index (χ2n) is 8.10. The Morgan fingerprint density at radius 2 is 1.41 bits per heavy atom. The summed E-state index contributed by atoms with van der Waals surface area (Å²) in [5.41, 5.74) is 10.6. The molecule has 0 saturated carbocycles. The molecule has 0 radical (unpaired) electrons. The van der Waals surface area contributed by atoms with Gasteiger partial charge in [-0.25, -0.2) is 4.98 Å². The minimum absolute atomic E-state index is 0.211. The Morgan fingerprint density at radius 3 is 1.94 bits per heavy atom. The van der Waals surface area contributed by atoms with Crippen LogP contribution in [0.25, 0.3) is 21.8 Å². The minimum Gasteiger partial charge on any atom is -0.370 e. The number of fused-ring (bicyclic) bond motifs is 2. The van der Waals surface area contributed by atoms with Crippen molar-refractivity contribution in [2.24, 2.45) is 5.73 Å². The number of hydrogen-bond donors (Lipinski definition) is 3. The van der Waals surface area contributed by atoms with Gasteiger partial charge in [-0.2, -0.15) is 8.42 Å². The van der Waals surface area contributed by atoms with Crippen molar-refractivity contribution in [3.63, 3.8) is 0 Å². The van der Waals surface area contributed by atoms with Gasteiger partial charge < -0.3 is 11.1 Å². The number of amides is 1. The molecular weight excluding hydrogens is 450 g/mol. The van der Waals surface area contributed by atoms with E-state index in [4.69, 9.17) is 15.3 Å². The summed E-state index contributed by atoms with van der Waals surface area (Å²) in [7, 11) is -3.67. The Bertz CT molecular complexity index is 1310. The Morgan fingerprint density at radius 1 is 0.882 bits per heavy atom. The van der Waals surface area contributed by atoms with Crippen molar-refractivity contribution in [3.8, 4) is 0 Å². The molecule has 34 heavy (non-hydrogen) atoms. The maximum atomic E-state index is 10.8. The molecule has 4 rings (SSSR count). The molecule has 0 bridgehead atoms. The highest BCUT2D eigenvalue weighted by molar-refractivity contribution is 7.85. The first-order chi connectivity index (χ1) is 16.2. The zero-order chi connectivity index (χ0) is 24.6. The van der Waals surface area contributed by atoms with Crippen molar-refractivity contribution < 1.29 is 17.8 Å². The third kappa shape index (κ3) is 7.83. The lowest BCUT2D eigenvalue weighted by atomic mass is 10.0. The van der Waals surface area contributed by atoms with Crippen LogP contribution in [0.5, 0.6) is 0 Å². The van der Waals surface area contributed by atoms with Crippen molar-refractivity contribution in [1.82, 2.24) is 4.98 Å². The smallest absolute Gasteiger partial charge is 0.261 e. The lowest BCUT2D eigenvalue weighted by Gasteiger charge is -2.13. The topological polar surface area (TPSA) is 122 Å². The zero-order valence-corrected chi connectivity index (χ0v) is 19.9. The van der Waals surface area contributed by atoms with E-state index in [1.54, 1.807) is 0 Å². The molecule has 1 aromatic heterocycles. The van der Waals surface area contributed by atoms with E-state index in [1.165, 1.54) is 5.56 Å². The zero-order valence-electron chi connectivity index (χ0n) is 19.1. The summed E-state index contributed by atoms with van der Waals surface area (Å²) < 4.78 is 25.9. The normalized spacial score (nSPS) is 11.1. The number of carbonyl (C=O) groups is 1. The van der Waals surface area contributed by atoms with Crippen molar-refractivity contribution in [2.45, 2.75) is 32.1 Å². The highest BCUT2D eigenvalue weighted by Gasteiger charge is 2.09. The number of carbonyl (C=O) groups excluding carboxylic acids is 1. The Kier molecular flexibility index (Phi) is 8.56. The molecule has 4 aromatic rings. The number of anilines is 2. The summed E-state index contributed by atoms with van der Waals surface area (Å²) in [5, 5.41) is 5.85. The van der Waals surface area contributed by atoms with Crippen LogP contribution in [0.1, 0.15) is 31.2 Å². The van der Waals surface area contributed by atoms with E-state index in [-0.39, 0.29) is 5.91 Å². The Labute approximate surface area is 199 Å². The fourth-order valence-corrected chi connectivity index (χ4v) is 3.68. The molecular formula is C26H29N3O4S. The van der Waals surface area contributed by atoms with Crippen LogP contribution in [0, 0.1) is 0 Å². The number of nitrogens with one attached hydrogen (secondary N) is 1. The number of aromatic nitrogens is 1. The van der Waals surface area contributed by atoms with Crippen LogP contribution in [-0.4, -0.2) is 30.1 Å². The van der Waals surface area contributed by atoms with Gasteiger partial charge in [-0.1, -0.05) is 55.0 Å². The van der Waals surface area contributed by atoms with Gasteiger partial charge in [0.1, 0.15) is 0 Å². The van der Waals surface area contributed by atoms with E-state index in [0.717, 1.165) is 58.9 Å². The molecule has 178 valence electrons. The molecule has 0 saturated heterocycles. The predicted molar refractivity (Wildman–Crippen MR) is 138 cm³/mol. The van der Waals surface area contributed by atoms with Crippen LogP contribution in [0.4, 0.5) is 11.4 Å². The summed E-state index contributed by atoms with van der Waals surface area (Å²) in [6.45, 7) is 0. The molecule has 1 heterocycles. The molecule has 8 heteroatoms. The number of pyridine rings is 1. The lowest BCUT2D eigenvalue weighted by Crippen LogP contribution is -2.09. The molecule has 0 spiro atoms. The highest BCUT2D eigenvalue weighted by Crippen LogP contribution is 2.33. The largest absolute Gasteiger partial charge is 0.370 e. The van der Waals surface area contributed by atoms with Crippen LogP contribution < -0.4 is 11.1 Å². The van der Waals surface area contributed by atoms with E-state index in [2.05, 4.69) is 41.7 Å². The number of rotatable bonds is 8. The van der Waals surface area contributed by atoms with Gasteiger partial charge in [-0.15, -0.1) is 0 Å². The minimum atomic E-state index is -3.67. The first kappa shape index (κ1) is 25.1. The van der Waals surface area contributed by atoms with Gasteiger partial charge in [0.05, 0.1) is 23.0 Å². The van der Waals surface area contributed by atoms with Crippen LogP contribution in [0.3, 0.4) is 0 Å². The molecule has 0 aliphatic heterocycles. The molecule has 1 amide bonds. The molecule has 3 aromatic carbocycles. The summed E-state index contributed by atoms with van der Waals surface area (Å²) in [4.78, 5) is 15.6. The molecule has 7 nitrogen and oxygen atoms in total. The highest BCUT2D eigenvalue weighted by atomic mass is 32.2. The van der Waals surface area contributed by atoms with Gasteiger partial charge in [-0.3, -0.25) is 9.35 Å². The Hall–Kier alpha value is -3.49. The lowest BCUT2D eigenvalue weighted by molar-refractivity contribution is -0.118. The SMILES string of the molecule is CS(=O)(=O)O.NC(=O)CCCCCc1ccc(Nc2c3ccccc3nc3ccccc23)cc1. The van der Waals surface area contributed by atoms with Crippen LogP contribution >= 0.6 is 0 Å². The van der Waals surface area contributed by atoms with E-state index >= 15 is 0 Å². The first-order valence-corrected chi connectivity index (χ1v) is 12.9. The summed E-state index contributed by atoms with van der Waals surface area (Å²) >= 11 is 0. The standard InChI is InChI=1S/C25H25N3O.CH4O3S/c26-24(29)13-3-1-2-8-18-14-16-19(17-15-18)27-25-20-9-4-6-11-22(20)28-23-12-7-5-10-21(23)25;1-5(2,3)4/h4-7,9-12,14-17H,1-3,8,13H2,(H2,26,29)(H,27,28);1H3,(H,2,3,4). The van der Waals surface area contributed by atoms with E-state index in [0.29, 0.717) is 12.7 Å². The van der Waals surface area contributed by atoms with Crippen LogP contribution in [0.2, 0.25) is 0 Å². The fraction of sp³-hybridized carbons (Fsp3) is 0.231. The summed E-state index contributed by atoms with van der Waals surface area (Å²) in [6, 6.07) is 25.0. The predicted octanol–water partition coefficient (Wildman–Crippen LogP) is 5.22.